The van der Waals surface area contributed by atoms with Gasteiger partial charge >= 0.3 is 7.12 Å². The topological polar surface area (TPSA) is 56.5 Å². The number of halogens is 2. The van der Waals surface area contributed by atoms with Crippen LogP contribution >= 0.6 is 0 Å². The molecule has 3 aromatic rings. The summed E-state index contributed by atoms with van der Waals surface area (Å²) < 4.78 is 45.2. The molecule has 0 spiro atoms. The van der Waals surface area contributed by atoms with Crippen LogP contribution in [0.2, 0.25) is 0 Å². The van der Waals surface area contributed by atoms with Gasteiger partial charge in [-0.15, -0.1) is 0 Å². The molecule has 0 unspecified atom stereocenters. The first-order valence-corrected chi connectivity index (χ1v) is 8.63. The van der Waals surface area contributed by atoms with Gasteiger partial charge in [-0.3, -0.25) is 0 Å². The molecule has 1 aromatic heterocycles. The first-order chi connectivity index (χ1) is 12.6. The lowest BCUT2D eigenvalue weighted by Gasteiger charge is -2.32. The Morgan fingerprint density at radius 3 is 2.33 bits per heavy atom. The van der Waals surface area contributed by atoms with Gasteiger partial charge in [0.25, 0.3) is 6.01 Å². The number of hydrogen-bond acceptors (Lipinski definition) is 5. The van der Waals surface area contributed by atoms with Crippen LogP contribution in [0.25, 0.3) is 11.1 Å². The molecule has 27 heavy (non-hydrogen) atoms. The van der Waals surface area contributed by atoms with Crippen molar-refractivity contribution in [2.75, 3.05) is 5.32 Å². The van der Waals surface area contributed by atoms with Crippen molar-refractivity contribution >= 4 is 35.4 Å². The van der Waals surface area contributed by atoms with E-state index < -0.39 is 30.0 Å². The zero-order valence-corrected chi connectivity index (χ0v) is 15.5. The van der Waals surface area contributed by atoms with Gasteiger partial charge < -0.3 is 19.0 Å². The molecule has 0 radical (unpaired) electrons. The zero-order valence-electron chi connectivity index (χ0n) is 15.5. The molecule has 1 aliphatic rings. The minimum absolute atomic E-state index is 0.0814. The second-order valence-electron chi connectivity index (χ2n) is 7.58. The van der Waals surface area contributed by atoms with Gasteiger partial charge in [0.1, 0.15) is 17.2 Å². The number of nitrogens with zero attached hydrogens (tertiary/aromatic N) is 1. The summed E-state index contributed by atoms with van der Waals surface area (Å²) in [5.41, 5.74) is 0.524. The van der Waals surface area contributed by atoms with Gasteiger partial charge in [-0.25, -0.2) is 8.78 Å². The van der Waals surface area contributed by atoms with Gasteiger partial charge in [0.2, 0.25) is 0 Å². The monoisotopic (exact) mass is 372 g/mol. The minimum Gasteiger partial charge on any atom is -0.423 e. The summed E-state index contributed by atoms with van der Waals surface area (Å²) in [6.45, 7) is 7.76. The molecular weight excluding hydrogens is 353 g/mol. The molecule has 2 aromatic carbocycles. The van der Waals surface area contributed by atoms with Crippen molar-refractivity contribution in [2.45, 2.75) is 38.9 Å². The maximum Gasteiger partial charge on any atom is 0.494 e. The predicted molar refractivity (Wildman–Crippen MR) is 99.4 cm³/mol. The third kappa shape index (κ3) is 3.19. The van der Waals surface area contributed by atoms with Gasteiger partial charge in [-0.2, -0.15) is 4.98 Å². The fourth-order valence-electron chi connectivity index (χ4n) is 2.83. The SMILES string of the molecule is CC1(C)OB(c2ccc(Nc3nc4cc(F)ccc4o3)c(F)c2)OC1(C)C. The van der Waals surface area contributed by atoms with Gasteiger partial charge in [-0.05, 0) is 57.4 Å². The Labute approximate surface area is 155 Å². The van der Waals surface area contributed by atoms with Crippen molar-refractivity contribution in [3.8, 4) is 0 Å². The number of oxazole rings is 1. The highest BCUT2D eigenvalue weighted by molar-refractivity contribution is 6.62. The molecule has 2 heterocycles. The molecule has 0 bridgehead atoms. The van der Waals surface area contributed by atoms with E-state index in [2.05, 4.69) is 10.3 Å². The molecule has 8 heteroatoms. The van der Waals surface area contributed by atoms with Crippen molar-refractivity contribution in [3.05, 3.63) is 48.0 Å². The summed E-state index contributed by atoms with van der Waals surface area (Å²) in [6.07, 6.45) is 0. The van der Waals surface area contributed by atoms with Crippen LogP contribution in [0.15, 0.2) is 40.8 Å². The highest BCUT2D eigenvalue weighted by Gasteiger charge is 2.51. The number of benzene rings is 2. The third-order valence-corrected chi connectivity index (χ3v) is 5.11. The van der Waals surface area contributed by atoms with Crippen molar-refractivity contribution in [1.29, 1.82) is 0 Å². The van der Waals surface area contributed by atoms with Gasteiger partial charge in [-0.1, -0.05) is 6.07 Å². The average molecular weight is 372 g/mol. The van der Waals surface area contributed by atoms with Gasteiger partial charge in [0.15, 0.2) is 5.58 Å². The molecule has 0 amide bonds. The molecule has 4 rings (SSSR count). The minimum atomic E-state index is -0.647. The van der Waals surface area contributed by atoms with E-state index in [1.807, 2.05) is 27.7 Å². The van der Waals surface area contributed by atoms with E-state index >= 15 is 0 Å². The average Bonchev–Trinajstić information content (AvgIpc) is 3.06. The summed E-state index contributed by atoms with van der Waals surface area (Å²) in [5.74, 6) is -0.920. The van der Waals surface area contributed by atoms with E-state index in [0.29, 0.717) is 16.6 Å². The van der Waals surface area contributed by atoms with Crippen LogP contribution in [-0.4, -0.2) is 23.3 Å². The van der Waals surface area contributed by atoms with Gasteiger partial charge in [0, 0.05) is 6.07 Å². The van der Waals surface area contributed by atoms with E-state index in [1.165, 1.54) is 24.3 Å². The van der Waals surface area contributed by atoms with Crippen molar-refractivity contribution in [1.82, 2.24) is 4.98 Å². The van der Waals surface area contributed by atoms with E-state index in [4.69, 9.17) is 13.7 Å². The van der Waals surface area contributed by atoms with Crippen molar-refractivity contribution < 1.29 is 22.5 Å². The highest BCUT2D eigenvalue weighted by atomic mass is 19.1. The molecule has 1 saturated heterocycles. The van der Waals surface area contributed by atoms with Crippen LogP contribution in [0.3, 0.4) is 0 Å². The number of anilines is 2. The largest absolute Gasteiger partial charge is 0.494 e. The molecule has 1 fully saturated rings. The quantitative estimate of drug-likeness (QED) is 0.700. The highest BCUT2D eigenvalue weighted by Crippen LogP contribution is 2.36. The Morgan fingerprint density at radius 1 is 0.963 bits per heavy atom. The third-order valence-electron chi connectivity index (χ3n) is 5.11. The van der Waals surface area contributed by atoms with Crippen LogP contribution in [-0.2, 0) is 9.31 Å². The Balaban J connectivity index is 1.57. The second kappa shape index (κ2) is 6.04. The van der Waals surface area contributed by atoms with Crippen molar-refractivity contribution in [3.63, 3.8) is 0 Å². The summed E-state index contributed by atoms with van der Waals surface area (Å²) in [7, 11) is -0.647. The fourth-order valence-corrected chi connectivity index (χ4v) is 2.83. The van der Waals surface area contributed by atoms with Gasteiger partial charge in [0.05, 0.1) is 16.9 Å². The van der Waals surface area contributed by atoms with Crippen LogP contribution in [0.5, 0.6) is 0 Å². The lowest BCUT2D eigenvalue weighted by molar-refractivity contribution is 0.00578. The summed E-state index contributed by atoms with van der Waals surface area (Å²) in [6, 6.07) is 8.71. The maximum absolute atomic E-state index is 14.6. The van der Waals surface area contributed by atoms with E-state index in [1.54, 1.807) is 12.1 Å². The Bertz CT molecular complexity index is 1000. The molecule has 1 aliphatic heterocycles. The summed E-state index contributed by atoms with van der Waals surface area (Å²) >= 11 is 0. The lowest BCUT2D eigenvalue weighted by Crippen LogP contribution is -2.41. The number of nitrogens with one attached hydrogen (secondary N) is 1. The Morgan fingerprint density at radius 2 is 1.67 bits per heavy atom. The Hall–Kier alpha value is -2.45. The van der Waals surface area contributed by atoms with E-state index in [0.717, 1.165) is 0 Å². The molecule has 0 aliphatic carbocycles. The Kier molecular flexibility index (Phi) is 4.01. The van der Waals surface area contributed by atoms with Crippen LogP contribution < -0.4 is 10.8 Å². The number of hydrogen-bond donors (Lipinski definition) is 1. The van der Waals surface area contributed by atoms with Crippen LogP contribution in [0, 0.1) is 11.6 Å². The molecule has 140 valence electrons. The molecule has 0 saturated carbocycles. The standard InChI is InChI=1S/C19H19BF2N2O3/c1-18(2)19(3,4)27-20(26-18)11-5-7-14(13(22)9-11)23-17-24-15-10-12(21)6-8-16(15)25-17/h5-10H,1-4H3,(H,23,24). The first-order valence-electron chi connectivity index (χ1n) is 8.63. The molecule has 5 nitrogen and oxygen atoms in total. The lowest BCUT2D eigenvalue weighted by atomic mass is 9.79. The van der Waals surface area contributed by atoms with Crippen LogP contribution in [0.1, 0.15) is 27.7 Å². The summed E-state index contributed by atoms with van der Waals surface area (Å²) in [5, 5.41) is 2.77. The van der Waals surface area contributed by atoms with E-state index in [9.17, 15) is 8.78 Å². The first kappa shape index (κ1) is 17.9. The second-order valence-corrected chi connectivity index (χ2v) is 7.58. The van der Waals surface area contributed by atoms with Crippen LogP contribution in [0.4, 0.5) is 20.5 Å². The van der Waals surface area contributed by atoms with Crippen molar-refractivity contribution in [2.24, 2.45) is 0 Å². The molecule has 0 atom stereocenters. The normalized spacial score (nSPS) is 18.2. The smallest absolute Gasteiger partial charge is 0.423 e. The fraction of sp³-hybridized carbons (Fsp3) is 0.316. The number of rotatable bonds is 3. The summed E-state index contributed by atoms with van der Waals surface area (Å²) in [4.78, 5) is 4.11. The molecule has 1 N–H and O–H groups in total. The predicted octanol–water partition coefficient (Wildman–Crippen LogP) is 4.15. The maximum atomic E-state index is 14.6. The zero-order chi connectivity index (χ0) is 19.4. The number of fused-ring (bicyclic) bond motifs is 1. The number of aromatic nitrogens is 1. The molecular formula is C19H19BF2N2O3. The van der Waals surface area contributed by atoms with E-state index in [-0.39, 0.29) is 11.7 Å².